The van der Waals surface area contributed by atoms with Crippen LogP contribution in [0.5, 0.6) is 0 Å². The fourth-order valence-electron chi connectivity index (χ4n) is 1.68. The minimum absolute atomic E-state index is 0.0313. The van der Waals surface area contributed by atoms with Gasteiger partial charge in [-0.05, 0) is 46.4 Å². The van der Waals surface area contributed by atoms with Gasteiger partial charge in [0.05, 0.1) is 5.56 Å². The molecule has 2 rings (SSSR count). The number of aromatic nitrogens is 1. The van der Waals surface area contributed by atoms with Crippen LogP contribution < -0.4 is 0 Å². The third-order valence-electron chi connectivity index (χ3n) is 2.59. The molecule has 0 saturated heterocycles. The summed E-state index contributed by atoms with van der Waals surface area (Å²) in [5.41, 5.74) is 1.77. The number of benzene rings is 1. The van der Waals surface area contributed by atoms with E-state index in [2.05, 4.69) is 27.6 Å². The lowest BCUT2D eigenvalue weighted by Crippen LogP contribution is -2.26. The fraction of sp³-hybridized carbons (Fsp3) is 0.143. The first-order valence-corrected chi connectivity index (χ1v) is 6.65. The predicted molar refractivity (Wildman–Crippen MR) is 79.2 cm³/mol. The Labute approximate surface area is 120 Å². The van der Waals surface area contributed by atoms with Crippen LogP contribution in [0.15, 0.2) is 48.8 Å². The zero-order chi connectivity index (χ0) is 13.0. The van der Waals surface area contributed by atoms with E-state index in [1.54, 1.807) is 24.3 Å². The molecule has 1 heterocycles. The van der Waals surface area contributed by atoms with Crippen molar-refractivity contribution in [2.45, 2.75) is 6.54 Å². The van der Waals surface area contributed by atoms with E-state index >= 15 is 0 Å². The van der Waals surface area contributed by atoms with Gasteiger partial charge in [-0.25, -0.2) is 0 Å². The van der Waals surface area contributed by atoms with Gasteiger partial charge in [-0.15, -0.1) is 0 Å². The number of amides is 1. The maximum Gasteiger partial charge on any atom is 0.254 e. The highest BCUT2D eigenvalue weighted by Crippen LogP contribution is 2.14. The summed E-state index contributed by atoms with van der Waals surface area (Å²) in [6, 6.07) is 11.4. The summed E-state index contributed by atoms with van der Waals surface area (Å²) < 4.78 is 0.970. The zero-order valence-corrected chi connectivity index (χ0v) is 12.2. The number of halogens is 1. The number of carbonyl (C=O) groups is 1. The van der Waals surface area contributed by atoms with Crippen molar-refractivity contribution in [2.24, 2.45) is 0 Å². The SMILES string of the molecule is CN(Cc1cccnc1)C(=O)c1ccccc1I. The number of pyridine rings is 1. The van der Waals surface area contributed by atoms with E-state index in [9.17, 15) is 4.79 Å². The van der Waals surface area contributed by atoms with E-state index in [0.717, 1.165) is 14.7 Å². The zero-order valence-electron chi connectivity index (χ0n) is 10.0. The van der Waals surface area contributed by atoms with Crippen molar-refractivity contribution in [3.05, 3.63) is 63.5 Å². The van der Waals surface area contributed by atoms with Crippen LogP contribution in [0.2, 0.25) is 0 Å². The molecule has 0 unspecified atom stereocenters. The molecule has 18 heavy (non-hydrogen) atoms. The van der Waals surface area contributed by atoms with Crippen molar-refractivity contribution >= 4 is 28.5 Å². The minimum Gasteiger partial charge on any atom is -0.337 e. The van der Waals surface area contributed by atoms with Gasteiger partial charge >= 0.3 is 0 Å². The molecule has 4 heteroatoms. The van der Waals surface area contributed by atoms with Gasteiger partial charge in [0.1, 0.15) is 0 Å². The Kier molecular flexibility index (Phi) is 4.30. The summed E-state index contributed by atoms with van der Waals surface area (Å²) in [6.45, 7) is 0.567. The highest BCUT2D eigenvalue weighted by atomic mass is 127. The molecule has 3 nitrogen and oxygen atoms in total. The van der Waals surface area contributed by atoms with Crippen LogP contribution in [-0.2, 0) is 6.54 Å². The number of nitrogens with zero attached hydrogens (tertiary/aromatic N) is 2. The van der Waals surface area contributed by atoms with Crippen molar-refractivity contribution in [2.75, 3.05) is 7.05 Å². The van der Waals surface area contributed by atoms with E-state index in [-0.39, 0.29) is 5.91 Å². The van der Waals surface area contributed by atoms with E-state index in [4.69, 9.17) is 0 Å². The molecule has 0 fully saturated rings. The number of carbonyl (C=O) groups excluding carboxylic acids is 1. The monoisotopic (exact) mass is 352 g/mol. The number of rotatable bonds is 3. The molecule has 92 valence electrons. The van der Waals surface area contributed by atoms with Gasteiger partial charge in [0.25, 0.3) is 5.91 Å². The summed E-state index contributed by atoms with van der Waals surface area (Å²) in [5, 5.41) is 0. The van der Waals surface area contributed by atoms with Crippen LogP contribution in [0.4, 0.5) is 0 Å². The van der Waals surface area contributed by atoms with Crippen LogP contribution in [0, 0.1) is 3.57 Å². The molecule has 1 amide bonds. The largest absolute Gasteiger partial charge is 0.337 e. The Morgan fingerprint density at radius 3 is 2.72 bits per heavy atom. The Bertz CT molecular complexity index is 543. The van der Waals surface area contributed by atoms with Crippen molar-refractivity contribution in [3.8, 4) is 0 Å². The van der Waals surface area contributed by atoms with Crippen molar-refractivity contribution < 1.29 is 4.79 Å². The van der Waals surface area contributed by atoms with E-state index < -0.39 is 0 Å². The van der Waals surface area contributed by atoms with Crippen LogP contribution in [0.3, 0.4) is 0 Å². The predicted octanol–water partition coefficient (Wildman–Crippen LogP) is 2.96. The Hall–Kier alpha value is -1.43. The van der Waals surface area contributed by atoms with Gasteiger partial charge in [0.2, 0.25) is 0 Å². The smallest absolute Gasteiger partial charge is 0.254 e. The van der Waals surface area contributed by atoms with Crippen LogP contribution in [0.1, 0.15) is 15.9 Å². The van der Waals surface area contributed by atoms with E-state index in [1.807, 2.05) is 36.4 Å². The summed E-state index contributed by atoms with van der Waals surface area (Å²) in [4.78, 5) is 18.0. The Balaban J connectivity index is 2.13. The summed E-state index contributed by atoms with van der Waals surface area (Å²) in [6.07, 6.45) is 3.51. The normalized spacial score (nSPS) is 10.1. The second-order valence-electron chi connectivity index (χ2n) is 4.00. The molecule has 1 aromatic carbocycles. The third-order valence-corrected chi connectivity index (χ3v) is 3.53. The molecular formula is C14H13IN2O. The molecule has 0 bridgehead atoms. The topological polar surface area (TPSA) is 33.2 Å². The van der Waals surface area contributed by atoms with Gasteiger partial charge in [-0.2, -0.15) is 0 Å². The van der Waals surface area contributed by atoms with Gasteiger partial charge in [0.15, 0.2) is 0 Å². The Morgan fingerprint density at radius 1 is 1.28 bits per heavy atom. The maximum absolute atomic E-state index is 12.3. The molecule has 0 atom stereocenters. The van der Waals surface area contributed by atoms with Gasteiger partial charge in [0, 0.05) is 29.6 Å². The highest BCUT2D eigenvalue weighted by molar-refractivity contribution is 14.1. The van der Waals surface area contributed by atoms with Gasteiger partial charge < -0.3 is 4.90 Å². The van der Waals surface area contributed by atoms with Gasteiger partial charge in [-0.1, -0.05) is 18.2 Å². The standard InChI is InChI=1S/C14H13IN2O/c1-17(10-11-5-4-8-16-9-11)14(18)12-6-2-3-7-13(12)15/h2-9H,10H2,1H3. The lowest BCUT2D eigenvalue weighted by molar-refractivity contribution is 0.0784. The quantitative estimate of drug-likeness (QED) is 0.796. The number of hydrogen-bond acceptors (Lipinski definition) is 2. The van der Waals surface area contributed by atoms with Crippen LogP contribution in [0.25, 0.3) is 0 Å². The molecule has 0 aliphatic rings. The summed E-state index contributed by atoms with van der Waals surface area (Å²) in [5.74, 6) is 0.0313. The first kappa shape index (κ1) is 13.0. The average molecular weight is 352 g/mol. The van der Waals surface area contributed by atoms with Crippen LogP contribution >= 0.6 is 22.6 Å². The molecule has 1 aromatic heterocycles. The first-order valence-electron chi connectivity index (χ1n) is 5.57. The molecule has 0 saturated carbocycles. The molecule has 0 spiro atoms. The summed E-state index contributed by atoms with van der Waals surface area (Å²) in [7, 11) is 1.80. The minimum atomic E-state index is 0.0313. The molecular weight excluding hydrogens is 339 g/mol. The molecule has 0 radical (unpaired) electrons. The fourth-order valence-corrected chi connectivity index (χ4v) is 2.30. The molecule has 0 N–H and O–H groups in total. The van der Waals surface area contributed by atoms with E-state index in [0.29, 0.717) is 6.54 Å². The molecule has 0 aliphatic heterocycles. The second kappa shape index (κ2) is 5.95. The van der Waals surface area contributed by atoms with Gasteiger partial charge in [-0.3, -0.25) is 9.78 Å². The molecule has 2 aromatic rings. The number of hydrogen-bond donors (Lipinski definition) is 0. The second-order valence-corrected chi connectivity index (χ2v) is 5.16. The van der Waals surface area contributed by atoms with Crippen molar-refractivity contribution in [1.82, 2.24) is 9.88 Å². The van der Waals surface area contributed by atoms with Crippen molar-refractivity contribution in [3.63, 3.8) is 0 Å². The lowest BCUT2D eigenvalue weighted by Gasteiger charge is -2.17. The summed E-state index contributed by atoms with van der Waals surface area (Å²) >= 11 is 2.18. The highest BCUT2D eigenvalue weighted by Gasteiger charge is 2.14. The Morgan fingerprint density at radius 2 is 2.06 bits per heavy atom. The first-order chi connectivity index (χ1) is 8.68. The third kappa shape index (κ3) is 3.07. The average Bonchev–Trinajstić information content (AvgIpc) is 2.39. The lowest BCUT2D eigenvalue weighted by atomic mass is 10.2. The van der Waals surface area contributed by atoms with E-state index in [1.165, 1.54) is 0 Å². The van der Waals surface area contributed by atoms with Crippen molar-refractivity contribution in [1.29, 1.82) is 0 Å². The maximum atomic E-state index is 12.3. The molecule has 0 aliphatic carbocycles. The van der Waals surface area contributed by atoms with Crippen LogP contribution in [-0.4, -0.2) is 22.8 Å².